The first kappa shape index (κ1) is 8.98. The van der Waals surface area contributed by atoms with Gasteiger partial charge in [0.05, 0.1) is 4.90 Å². The van der Waals surface area contributed by atoms with Crippen molar-refractivity contribution in [3.8, 4) is 0 Å². The van der Waals surface area contributed by atoms with Crippen LogP contribution in [0.2, 0.25) is 0 Å². The molecule has 6 heteroatoms. The largest absolute Gasteiger partial charge is 0.347 e. The lowest BCUT2D eigenvalue weighted by Crippen LogP contribution is -2.36. The third kappa shape index (κ3) is 1.84. The molecular weight excluding hydrogens is 254 g/mol. The Labute approximate surface area is 87.8 Å². The van der Waals surface area contributed by atoms with Gasteiger partial charge < -0.3 is 5.32 Å². The van der Waals surface area contributed by atoms with Crippen LogP contribution in [0.3, 0.4) is 0 Å². The van der Waals surface area contributed by atoms with E-state index < -0.39 is 0 Å². The van der Waals surface area contributed by atoms with E-state index in [0.717, 1.165) is 21.5 Å². The molecule has 2 heterocycles. The van der Waals surface area contributed by atoms with Gasteiger partial charge >= 0.3 is 0 Å². The van der Waals surface area contributed by atoms with Crippen molar-refractivity contribution in [1.29, 1.82) is 0 Å². The second kappa shape index (κ2) is 3.65. The number of anilines is 1. The fourth-order valence-electron chi connectivity index (χ4n) is 0.972. The highest BCUT2D eigenvalue weighted by molar-refractivity contribution is 9.10. The van der Waals surface area contributed by atoms with Crippen LogP contribution >= 0.6 is 27.9 Å². The molecule has 1 unspecified atom stereocenters. The zero-order chi connectivity index (χ0) is 9.26. The molecule has 0 spiro atoms. The molecule has 0 aromatic carbocycles. The summed E-state index contributed by atoms with van der Waals surface area (Å²) in [7, 11) is 0. The number of nitrogens with zero attached hydrogens (tertiary/aromatic N) is 1. The van der Waals surface area contributed by atoms with Crippen LogP contribution in [-0.2, 0) is 4.79 Å². The number of rotatable bonds is 1. The van der Waals surface area contributed by atoms with Crippen molar-refractivity contribution in [2.45, 2.75) is 11.1 Å². The van der Waals surface area contributed by atoms with Gasteiger partial charge in [-0.3, -0.25) is 4.79 Å². The Morgan fingerprint density at radius 3 is 3.31 bits per heavy atom. The Morgan fingerprint density at radius 1 is 1.69 bits per heavy atom. The smallest absolute Gasteiger partial charge is 0.157 e. The average molecular weight is 260 g/mol. The molecule has 4 nitrogen and oxygen atoms in total. The minimum Gasteiger partial charge on any atom is -0.347 e. The molecule has 0 saturated carbocycles. The fourth-order valence-corrected chi connectivity index (χ4v) is 2.22. The van der Waals surface area contributed by atoms with Crippen molar-refractivity contribution in [2.24, 2.45) is 0 Å². The van der Waals surface area contributed by atoms with Gasteiger partial charge in [0.15, 0.2) is 6.29 Å². The Bertz CT molecular complexity index is 347. The summed E-state index contributed by atoms with van der Waals surface area (Å²) < 4.78 is 3.85. The molecule has 13 heavy (non-hydrogen) atoms. The van der Waals surface area contributed by atoms with Gasteiger partial charge in [-0.05, 0) is 33.9 Å². The quantitative estimate of drug-likeness (QED) is 0.590. The van der Waals surface area contributed by atoms with Gasteiger partial charge in [-0.2, -0.15) is 0 Å². The molecule has 2 rings (SSSR count). The lowest BCUT2D eigenvalue weighted by atomic mass is 10.4. The maximum atomic E-state index is 10.5. The summed E-state index contributed by atoms with van der Waals surface area (Å²) in [4.78, 5) is 15.6. The van der Waals surface area contributed by atoms with Crippen LogP contribution < -0.4 is 10.0 Å². The number of halogens is 1. The second-order valence-electron chi connectivity index (χ2n) is 2.48. The molecule has 1 aromatic heterocycles. The molecular formula is C7H6BrN3OS. The third-order valence-corrected chi connectivity index (χ3v) is 2.88. The van der Waals surface area contributed by atoms with Gasteiger partial charge in [-0.1, -0.05) is 0 Å². The maximum absolute atomic E-state index is 10.5. The molecule has 2 N–H and O–H groups in total. The van der Waals surface area contributed by atoms with Crippen LogP contribution in [0.15, 0.2) is 21.6 Å². The highest BCUT2D eigenvalue weighted by Crippen LogP contribution is 2.29. The molecule has 0 radical (unpaired) electrons. The average Bonchev–Trinajstić information content (AvgIpc) is 2.17. The Balaban J connectivity index is 2.31. The molecule has 1 aliphatic rings. The van der Waals surface area contributed by atoms with E-state index in [4.69, 9.17) is 0 Å². The third-order valence-electron chi connectivity index (χ3n) is 1.54. The van der Waals surface area contributed by atoms with Gasteiger partial charge in [0.1, 0.15) is 12.0 Å². The van der Waals surface area contributed by atoms with Gasteiger partial charge in [0, 0.05) is 10.7 Å². The Kier molecular flexibility index (Phi) is 2.52. The molecule has 1 atom stereocenters. The normalized spacial score (nSPS) is 20.2. The van der Waals surface area contributed by atoms with Crippen LogP contribution in [-0.4, -0.2) is 17.4 Å². The number of hydrogen-bond donors (Lipinski definition) is 2. The molecule has 1 aliphatic heterocycles. The van der Waals surface area contributed by atoms with Gasteiger partial charge in [0.2, 0.25) is 0 Å². The molecule has 0 saturated heterocycles. The number of fused-ring (bicyclic) bond motifs is 1. The summed E-state index contributed by atoms with van der Waals surface area (Å²) in [5.41, 5.74) is 0. The zero-order valence-corrected chi connectivity index (χ0v) is 8.85. The first-order valence-corrected chi connectivity index (χ1v) is 5.20. The zero-order valence-electron chi connectivity index (χ0n) is 6.45. The Hall–Kier alpha value is -0.590. The maximum Gasteiger partial charge on any atom is 0.157 e. The summed E-state index contributed by atoms with van der Waals surface area (Å²) in [6.07, 6.45) is 2.14. The molecule has 0 amide bonds. The first-order chi connectivity index (χ1) is 6.29. The lowest BCUT2D eigenvalue weighted by Gasteiger charge is -2.22. The molecule has 0 bridgehead atoms. The lowest BCUT2D eigenvalue weighted by molar-refractivity contribution is -0.108. The number of pyridine rings is 1. The van der Waals surface area contributed by atoms with E-state index in [0.29, 0.717) is 0 Å². The minimum atomic E-state index is -0.355. The van der Waals surface area contributed by atoms with E-state index in [1.54, 1.807) is 6.20 Å². The van der Waals surface area contributed by atoms with Crippen LogP contribution in [0.1, 0.15) is 0 Å². The topological polar surface area (TPSA) is 54.0 Å². The molecule has 1 aromatic rings. The van der Waals surface area contributed by atoms with Crippen molar-refractivity contribution >= 4 is 40.0 Å². The minimum absolute atomic E-state index is 0.355. The van der Waals surface area contributed by atoms with E-state index in [2.05, 4.69) is 31.0 Å². The van der Waals surface area contributed by atoms with Crippen LogP contribution in [0.5, 0.6) is 0 Å². The van der Waals surface area contributed by atoms with Crippen molar-refractivity contribution in [2.75, 3.05) is 5.32 Å². The molecule has 68 valence electrons. The summed E-state index contributed by atoms with van der Waals surface area (Å²) >= 11 is 4.72. The summed E-state index contributed by atoms with van der Waals surface area (Å²) in [5, 5.41) is 2.94. The van der Waals surface area contributed by atoms with Crippen molar-refractivity contribution in [1.82, 2.24) is 9.71 Å². The van der Waals surface area contributed by atoms with Crippen molar-refractivity contribution < 1.29 is 4.79 Å². The first-order valence-electron chi connectivity index (χ1n) is 3.59. The number of carbonyl (C=O) groups is 1. The number of hydrogen-bond acceptors (Lipinski definition) is 5. The van der Waals surface area contributed by atoms with Crippen molar-refractivity contribution in [3.63, 3.8) is 0 Å². The van der Waals surface area contributed by atoms with Crippen LogP contribution in [0, 0.1) is 0 Å². The van der Waals surface area contributed by atoms with Gasteiger partial charge in [-0.25, -0.2) is 9.71 Å². The standard InChI is InChI=1S/C7H6BrN3OS/c8-4-1-5-7(9-2-4)10-6(3-12)11-13-5/h1-3,6,11H,(H,9,10). The fraction of sp³-hybridized carbons (Fsp3) is 0.143. The van der Waals surface area contributed by atoms with Gasteiger partial charge in [0.25, 0.3) is 0 Å². The van der Waals surface area contributed by atoms with Crippen molar-refractivity contribution in [3.05, 3.63) is 16.7 Å². The van der Waals surface area contributed by atoms with E-state index in [1.807, 2.05) is 6.07 Å². The summed E-state index contributed by atoms with van der Waals surface area (Å²) in [6, 6.07) is 1.94. The predicted molar refractivity (Wildman–Crippen MR) is 54.4 cm³/mol. The van der Waals surface area contributed by atoms with Crippen LogP contribution in [0.4, 0.5) is 5.82 Å². The number of aromatic nitrogens is 1. The number of aldehydes is 1. The highest BCUT2D eigenvalue weighted by Gasteiger charge is 2.17. The molecule has 0 fully saturated rings. The number of carbonyl (C=O) groups excluding carboxylic acids is 1. The SMILES string of the molecule is O=CC1NSc2cc(Br)cnc2N1. The van der Waals surface area contributed by atoms with E-state index in [9.17, 15) is 4.79 Å². The van der Waals surface area contributed by atoms with E-state index >= 15 is 0 Å². The molecule has 0 aliphatic carbocycles. The van der Waals surface area contributed by atoms with Crippen LogP contribution in [0.25, 0.3) is 0 Å². The predicted octanol–water partition coefficient (Wildman–Crippen LogP) is 1.39. The monoisotopic (exact) mass is 259 g/mol. The van der Waals surface area contributed by atoms with Gasteiger partial charge in [-0.15, -0.1) is 0 Å². The summed E-state index contributed by atoms with van der Waals surface area (Å²) in [5.74, 6) is 0.740. The summed E-state index contributed by atoms with van der Waals surface area (Å²) in [6.45, 7) is 0. The highest BCUT2D eigenvalue weighted by atomic mass is 79.9. The van der Waals surface area contributed by atoms with E-state index in [-0.39, 0.29) is 6.17 Å². The second-order valence-corrected chi connectivity index (χ2v) is 4.27. The van der Waals surface area contributed by atoms with E-state index in [1.165, 1.54) is 11.9 Å². The number of nitrogens with one attached hydrogen (secondary N) is 2. The Morgan fingerprint density at radius 2 is 2.54 bits per heavy atom.